The quantitative estimate of drug-likeness (QED) is 0.867. The molecule has 4 heteroatoms. The maximum atomic E-state index is 6.00. The molecule has 0 aliphatic carbocycles. The van der Waals surface area contributed by atoms with Crippen molar-refractivity contribution in [2.24, 2.45) is 5.73 Å². The van der Waals surface area contributed by atoms with Crippen molar-refractivity contribution in [3.05, 3.63) is 18.2 Å². The lowest BCUT2D eigenvalue weighted by atomic mass is 10.00. The van der Waals surface area contributed by atoms with E-state index >= 15 is 0 Å². The Balaban J connectivity index is 2.20. The number of imidazole rings is 1. The Kier molecular flexibility index (Phi) is 4.18. The summed E-state index contributed by atoms with van der Waals surface area (Å²) in [7, 11) is 0. The molecule has 1 aliphatic rings. The predicted molar refractivity (Wildman–Crippen MR) is 69.7 cm³/mol. The highest BCUT2D eigenvalue weighted by molar-refractivity contribution is 5.07. The Morgan fingerprint density at radius 1 is 1.53 bits per heavy atom. The molecule has 0 aromatic carbocycles. The van der Waals surface area contributed by atoms with Crippen molar-refractivity contribution in [2.75, 3.05) is 13.1 Å². The second-order valence-electron chi connectivity index (χ2n) is 4.94. The number of aryl methyl sites for hydroxylation is 1. The van der Waals surface area contributed by atoms with Gasteiger partial charge in [-0.1, -0.05) is 6.42 Å². The molecule has 1 fully saturated rings. The third kappa shape index (κ3) is 2.53. The maximum Gasteiger partial charge on any atom is 0.0948 e. The lowest BCUT2D eigenvalue weighted by Gasteiger charge is -2.39. The van der Waals surface area contributed by atoms with Gasteiger partial charge in [0.25, 0.3) is 0 Å². The van der Waals surface area contributed by atoms with Crippen molar-refractivity contribution in [3.63, 3.8) is 0 Å². The predicted octanol–water partition coefficient (Wildman–Crippen LogP) is 1.78. The summed E-state index contributed by atoms with van der Waals surface area (Å²) in [5, 5.41) is 0. The van der Waals surface area contributed by atoms with Gasteiger partial charge in [-0.3, -0.25) is 4.90 Å². The Hall–Kier alpha value is -0.870. The van der Waals surface area contributed by atoms with Crippen molar-refractivity contribution in [1.29, 1.82) is 0 Å². The highest BCUT2D eigenvalue weighted by Gasteiger charge is 2.27. The fourth-order valence-corrected chi connectivity index (χ4v) is 2.88. The van der Waals surface area contributed by atoms with E-state index in [1.165, 1.54) is 25.0 Å². The van der Waals surface area contributed by atoms with Gasteiger partial charge in [-0.05, 0) is 33.2 Å². The molecule has 1 saturated heterocycles. The number of piperidine rings is 1. The van der Waals surface area contributed by atoms with Gasteiger partial charge in [0, 0.05) is 25.3 Å². The maximum absolute atomic E-state index is 6.00. The standard InChI is InChI=1S/C13H24N4/c1-3-16-10-15-9-13(16)12(8-14)17-7-5-4-6-11(17)2/h9-12H,3-8,14H2,1-2H3. The molecule has 1 aliphatic heterocycles. The van der Waals surface area contributed by atoms with Gasteiger partial charge >= 0.3 is 0 Å². The van der Waals surface area contributed by atoms with Gasteiger partial charge in [0.15, 0.2) is 0 Å². The van der Waals surface area contributed by atoms with Crippen LogP contribution in [0.5, 0.6) is 0 Å². The number of likely N-dealkylation sites (tertiary alicyclic amines) is 1. The Labute approximate surface area is 104 Å². The number of nitrogens with zero attached hydrogens (tertiary/aromatic N) is 3. The molecular weight excluding hydrogens is 212 g/mol. The number of nitrogens with two attached hydrogens (primary N) is 1. The summed E-state index contributed by atoms with van der Waals surface area (Å²) in [6, 6.07) is 0.963. The lowest BCUT2D eigenvalue weighted by Crippen LogP contribution is -2.43. The second kappa shape index (κ2) is 5.65. The first kappa shape index (κ1) is 12.6. The number of rotatable bonds is 4. The van der Waals surface area contributed by atoms with Crippen LogP contribution in [-0.2, 0) is 6.54 Å². The van der Waals surface area contributed by atoms with Gasteiger partial charge in [0.2, 0.25) is 0 Å². The van der Waals surface area contributed by atoms with Gasteiger partial charge < -0.3 is 10.3 Å². The Bertz CT molecular complexity index is 347. The van der Waals surface area contributed by atoms with Gasteiger partial charge in [-0.25, -0.2) is 4.98 Å². The molecule has 4 nitrogen and oxygen atoms in total. The summed E-state index contributed by atoms with van der Waals surface area (Å²) in [6.07, 6.45) is 7.81. The molecule has 0 saturated carbocycles. The minimum Gasteiger partial charge on any atom is -0.333 e. The summed E-state index contributed by atoms with van der Waals surface area (Å²) in [5.41, 5.74) is 7.27. The molecule has 17 heavy (non-hydrogen) atoms. The first-order chi connectivity index (χ1) is 8.27. The molecule has 0 radical (unpaired) electrons. The molecule has 2 unspecified atom stereocenters. The summed E-state index contributed by atoms with van der Waals surface area (Å²) in [5.74, 6) is 0. The lowest BCUT2D eigenvalue weighted by molar-refractivity contribution is 0.104. The molecular formula is C13H24N4. The van der Waals surface area contributed by atoms with E-state index in [1.807, 2.05) is 12.5 Å². The summed E-state index contributed by atoms with van der Waals surface area (Å²) in [4.78, 5) is 6.81. The molecule has 2 atom stereocenters. The van der Waals surface area contributed by atoms with Gasteiger partial charge in [-0.15, -0.1) is 0 Å². The van der Waals surface area contributed by atoms with Crippen LogP contribution >= 0.6 is 0 Å². The second-order valence-corrected chi connectivity index (χ2v) is 4.94. The van der Waals surface area contributed by atoms with Crippen LogP contribution in [0.3, 0.4) is 0 Å². The molecule has 2 N–H and O–H groups in total. The van der Waals surface area contributed by atoms with E-state index in [1.54, 1.807) is 0 Å². The normalized spacial score (nSPS) is 23.8. The van der Waals surface area contributed by atoms with E-state index < -0.39 is 0 Å². The zero-order valence-electron chi connectivity index (χ0n) is 11.0. The van der Waals surface area contributed by atoms with E-state index in [-0.39, 0.29) is 0 Å². The Morgan fingerprint density at radius 2 is 2.35 bits per heavy atom. The van der Waals surface area contributed by atoms with Crippen molar-refractivity contribution < 1.29 is 0 Å². The first-order valence-electron chi connectivity index (χ1n) is 6.73. The molecule has 2 rings (SSSR count). The van der Waals surface area contributed by atoms with E-state index in [4.69, 9.17) is 5.73 Å². The largest absolute Gasteiger partial charge is 0.333 e. The summed E-state index contributed by atoms with van der Waals surface area (Å²) < 4.78 is 2.21. The third-order valence-corrected chi connectivity index (χ3v) is 3.90. The topological polar surface area (TPSA) is 47.1 Å². The van der Waals surface area contributed by atoms with Crippen LogP contribution < -0.4 is 5.73 Å². The van der Waals surface area contributed by atoms with Crippen LogP contribution in [0, 0.1) is 0 Å². The van der Waals surface area contributed by atoms with E-state index in [2.05, 4.69) is 28.3 Å². The van der Waals surface area contributed by atoms with Gasteiger partial charge in [0.05, 0.1) is 18.1 Å². The SMILES string of the molecule is CCn1cncc1C(CN)N1CCCCC1C. The van der Waals surface area contributed by atoms with E-state index in [0.29, 0.717) is 18.6 Å². The molecule has 96 valence electrons. The molecule has 1 aromatic heterocycles. The third-order valence-electron chi connectivity index (χ3n) is 3.90. The van der Waals surface area contributed by atoms with Gasteiger partial charge in [-0.2, -0.15) is 0 Å². The zero-order valence-corrected chi connectivity index (χ0v) is 11.0. The van der Waals surface area contributed by atoms with Crippen LogP contribution in [0.15, 0.2) is 12.5 Å². The smallest absolute Gasteiger partial charge is 0.0948 e. The average molecular weight is 236 g/mol. The Morgan fingerprint density at radius 3 is 3.00 bits per heavy atom. The van der Waals surface area contributed by atoms with Gasteiger partial charge in [0.1, 0.15) is 0 Å². The van der Waals surface area contributed by atoms with Crippen molar-refractivity contribution in [2.45, 2.75) is 51.7 Å². The molecule has 0 spiro atoms. The highest BCUT2D eigenvalue weighted by Crippen LogP contribution is 2.27. The van der Waals surface area contributed by atoms with Crippen LogP contribution in [0.25, 0.3) is 0 Å². The summed E-state index contributed by atoms with van der Waals surface area (Å²) in [6.45, 7) is 7.27. The molecule has 2 heterocycles. The van der Waals surface area contributed by atoms with Crippen LogP contribution in [0.4, 0.5) is 0 Å². The van der Waals surface area contributed by atoms with Crippen molar-refractivity contribution in [3.8, 4) is 0 Å². The molecule has 0 amide bonds. The van der Waals surface area contributed by atoms with Crippen LogP contribution in [0.1, 0.15) is 44.8 Å². The fraction of sp³-hybridized carbons (Fsp3) is 0.769. The monoisotopic (exact) mass is 236 g/mol. The summed E-state index contributed by atoms with van der Waals surface area (Å²) >= 11 is 0. The number of aromatic nitrogens is 2. The van der Waals surface area contributed by atoms with E-state index in [9.17, 15) is 0 Å². The minimum atomic E-state index is 0.327. The minimum absolute atomic E-state index is 0.327. The van der Waals surface area contributed by atoms with Crippen LogP contribution in [0.2, 0.25) is 0 Å². The van der Waals surface area contributed by atoms with Crippen LogP contribution in [-0.4, -0.2) is 33.6 Å². The number of hydrogen-bond donors (Lipinski definition) is 1. The highest BCUT2D eigenvalue weighted by atomic mass is 15.2. The molecule has 1 aromatic rings. The first-order valence-corrected chi connectivity index (χ1v) is 6.73. The fourth-order valence-electron chi connectivity index (χ4n) is 2.88. The molecule has 0 bridgehead atoms. The number of hydrogen-bond acceptors (Lipinski definition) is 3. The van der Waals surface area contributed by atoms with Crippen molar-refractivity contribution >= 4 is 0 Å². The average Bonchev–Trinajstić information content (AvgIpc) is 2.81. The van der Waals surface area contributed by atoms with E-state index in [0.717, 1.165) is 13.1 Å². The van der Waals surface area contributed by atoms with Crippen molar-refractivity contribution in [1.82, 2.24) is 14.5 Å². The zero-order chi connectivity index (χ0) is 12.3.